The molecule has 34 heavy (non-hydrogen) atoms. The normalized spacial score (nSPS) is 23.7. The summed E-state index contributed by atoms with van der Waals surface area (Å²) in [5.41, 5.74) is -0.366. The molecule has 3 rings (SSSR count). The van der Waals surface area contributed by atoms with E-state index in [0.717, 1.165) is 24.7 Å². The fourth-order valence-corrected chi connectivity index (χ4v) is 4.37. The van der Waals surface area contributed by atoms with Gasteiger partial charge in [0, 0.05) is 13.1 Å². The number of hydrogen-bond acceptors (Lipinski definition) is 6. The number of esters is 1. The summed E-state index contributed by atoms with van der Waals surface area (Å²) in [6.07, 6.45) is 1.95. The average molecular weight is 473 g/mol. The molecular weight excluding hydrogens is 433 g/mol. The van der Waals surface area contributed by atoms with Crippen LogP contribution in [0, 0.1) is 11.8 Å². The molecule has 2 saturated heterocycles. The van der Waals surface area contributed by atoms with Crippen molar-refractivity contribution in [3.05, 3.63) is 35.9 Å². The predicted molar refractivity (Wildman–Crippen MR) is 131 cm³/mol. The first-order valence-electron chi connectivity index (χ1n) is 12.3. The Morgan fingerprint density at radius 1 is 1.06 bits per heavy atom. The van der Waals surface area contributed by atoms with Crippen LogP contribution in [0.15, 0.2) is 30.3 Å². The Hall–Kier alpha value is -2.06. The van der Waals surface area contributed by atoms with Crippen LogP contribution in [0.3, 0.4) is 0 Å². The quantitative estimate of drug-likeness (QED) is 0.406. The van der Waals surface area contributed by atoms with Crippen LogP contribution >= 0.6 is 0 Å². The van der Waals surface area contributed by atoms with Gasteiger partial charge in [0.1, 0.15) is 12.2 Å². The Morgan fingerprint density at radius 2 is 1.68 bits per heavy atom. The Bertz CT molecular complexity index is 835. The second-order valence-electron chi connectivity index (χ2n) is 11.5. The molecule has 2 aliphatic rings. The van der Waals surface area contributed by atoms with Crippen molar-refractivity contribution in [1.29, 1.82) is 0 Å². The van der Waals surface area contributed by atoms with Gasteiger partial charge in [0.2, 0.25) is 0 Å². The number of likely N-dealkylation sites (tertiary alicyclic amines) is 1. The number of carbonyl (C=O) groups is 2. The first-order chi connectivity index (χ1) is 15.8. The maximum Gasteiger partial charge on any atom is 0.457 e. The highest BCUT2D eigenvalue weighted by Gasteiger charge is 2.50. The Labute approximate surface area is 204 Å². The van der Waals surface area contributed by atoms with Gasteiger partial charge in [-0.1, -0.05) is 36.8 Å². The van der Waals surface area contributed by atoms with Crippen molar-refractivity contribution in [2.24, 2.45) is 11.8 Å². The van der Waals surface area contributed by atoms with Gasteiger partial charge < -0.3 is 23.7 Å². The number of ether oxygens (including phenoxy) is 2. The third-order valence-electron chi connectivity index (χ3n) is 6.94. The molecule has 2 fully saturated rings. The maximum atomic E-state index is 13.0. The average Bonchev–Trinajstić information content (AvgIpc) is 3.23. The Morgan fingerprint density at radius 3 is 2.26 bits per heavy atom. The lowest BCUT2D eigenvalue weighted by Gasteiger charge is -2.32. The summed E-state index contributed by atoms with van der Waals surface area (Å²) in [7, 11) is -0.267. The molecular formula is C26H40BNO6. The summed E-state index contributed by atoms with van der Waals surface area (Å²) in [4.78, 5) is 27.4. The minimum atomic E-state index is -0.588. The summed E-state index contributed by atoms with van der Waals surface area (Å²) in [5.74, 6) is -0.650. The van der Waals surface area contributed by atoms with Crippen LogP contribution in [-0.4, -0.2) is 54.0 Å². The standard InChI is InChI=1S/C26H40BNO6/c1-24(2,3)32-23(30)28-16-20(14-11-15-27-33-25(4,5)26(6,7)34-27)21(17-28)22(29)31-18-19-12-9-8-10-13-19/h8-10,12-13,20-21H,11,14-18H2,1-7H3. The maximum absolute atomic E-state index is 13.0. The van der Waals surface area contributed by atoms with Crippen molar-refractivity contribution in [3.8, 4) is 0 Å². The second-order valence-corrected chi connectivity index (χ2v) is 11.5. The number of carbonyl (C=O) groups excluding carboxylic acids is 2. The molecule has 1 amide bonds. The van der Waals surface area contributed by atoms with Gasteiger partial charge in [0.15, 0.2) is 0 Å². The van der Waals surface area contributed by atoms with Crippen LogP contribution < -0.4 is 0 Å². The van der Waals surface area contributed by atoms with E-state index in [4.69, 9.17) is 18.8 Å². The molecule has 2 unspecified atom stereocenters. The van der Waals surface area contributed by atoms with E-state index in [9.17, 15) is 9.59 Å². The summed E-state index contributed by atoms with van der Waals surface area (Å²) < 4.78 is 23.4. The fourth-order valence-electron chi connectivity index (χ4n) is 4.37. The number of amides is 1. The van der Waals surface area contributed by atoms with Crippen molar-refractivity contribution in [1.82, 2.24) is 4.90 Å². The number of hydrogen-bond donors (Lipinski definition) is 0. The summed E-state index contributed by atoms with van der Waals surface area (Å²) in [6, 6.07) is 9.62. The van der Waals surface area contributed by atoms with Gasteiger partial charge in [-0.15, -0.1) is 0 Å². The lowest BCUT2D eigenvalue weighted by atomic mass is 9.79. The van der Waals surface area contributed by atoms with Crippen molar-refractivity contribution in [2.75, 3.05) is 13.1 Å². The predicted octanol–water partition coefficient (Wildman–Crippen LogP) is 5.09. The molecule has 0 radical (unpaired) electrons. The molecule has 7 nitrogen and oxygen atoms in total. The van der Waals surface area contributed by atoms with E-state index in [-0.39, 0.29) is 48.8 Å². The SMILES string of the molecule is CC(C)(C)OC(=O)N1CC(CCCB2OC(C)(C)C(C)(C)O2)C(C(=O)OCc2ccccc2)C1. The zero-order chi connectivity index (χ0) is 25.1. The minimum Gasteiger partial charge on any atom is -0.461 e. The van der Waals surface area contributed by atoms with Gasteiger partial charge in [0.05, 0.1) is 17.1 Å². The first kappa shape index (κ1) is 26.5. The Kier molecular flexibility index (Phi) is 8.03. The monoisotopic (exact) mass is 473 g/mol. The molecule has 0 saturated carbocycles. The van der Waals surface area contributed by atoms with Crippen molar-refractivity contribution < 1.29 is 28.4 Å². The lowest BCUT2D eigenvalue weighted by molar-refractivity contribution is -0.150. The third kappa shape index (κ3) is 6.75. The van der Waals surface area contributed by atoms with Gasteiger partial charge in [-0.2, -0.15) is 0 Å². The van der Waals surface area contributed by atoms with Crippen molar-refractivity contribution in [2.45, 2.75) is 91.0 Å². The molecule has 0 spiro atoms. The van der Waals surface area contributed by atoms with Crippen LogP contribution in [0.1, 0.15) is 66.9 Å². The second kappa shape index (κ2) is 10.3. The Balaban J connectivity index is 1.60. The van der Waals surface area contributed by atoms with Gasteiger partial charge in [-0.25, -0.2) is 4.79 Å². The van der Waals surface area contributed by atoms with Crippen LogP contribution in [0.25, 0.3) is 0 Å². The molecule has 0 N–H and O–H groups in total. The number of benzene rings is 1. The van der Waals surface area contributed by atoms with Gasteiger partial charge in [0.25, 0.3) is 0 Å². The summed E-state index contributed by atoms with van der Waals surface area (Å²) in [6.45, 7) is 14.7. The summed E-state index contributed by atoms with van der Waals surface area (Å²) >= 11 is 0. The smallest absolute Gasteiger partial charge is 0.457 e. The molecule has 188 valence electrons. The molecule has 2 aliphatic heterocycles. The van der Waals surface area contributed by atoms with Gasteiger partial charge >= 0.3 is 19.2 Å². The van der Waals surface area contributed by atoms with Crippen LogP contribution in [0.5, 0.6) is 0 Å². The zero-order valence-electron chi connectivity index (χ0n) is 21.8. The molecule has 8 heteroatoms. The largest absolute Gasteiger partial charge is 0.461 e. The zero-order valence-corrected chi connectivity index (χ0v) is 21.8. The van der Waals surface area contributed by atoms with Crippen molar-refractivity contribution in [3.63, 3.8) is 0 Å². The first-order valence-corrected chi connectivity index (χ1v) is 12.3. The molecule has 1 aromatic rings. The molecule has 0 aliphatic carbocycles. The summed E-state index contributed by atoms with van der Waals surface area (Å²) in [5, 5.41) is 0. The van der Waals surface area contributed by atoms with Crippen LogP contribution in [0.4, 0.5) is 4.79 Å². The van der Waals surface area contributed by atoms with Crippen LogP contribution in [-0.2, 0) is 30.2 Å². The highest BCUT2D eigenvalue weighted by Crippen LogP contribution is 2.39. The van der Waals surface area contributed by atoms with Crippen molar-refractivity contribution >= 4 is 19.2 Å². The molecule has 2 heterocycles. The highest BCUT2D eigenvalue weighted by atomic mass is 16.7. The van der Waals surface area contributed by atoms with E-state index < -0.39 is 5.60 Å². The van der Waals surface area contributed by atoms with E-state index >= 15 is 0 Å². The fraction of sp³-hybridized carbons (Fsp3) is 0.692. The number of rotatable bonds is 7. The lowest BCUT2D eigenvalue weighted by Crippen LogP contribution is -2.41. The van der Waals surface area contributed by atoms with Crippen LogP contribution in [0.2, 0.25) is 6.32 Å². The molecule has 0 aromatic heterocycles. The highest BCUT2D eigenvalue weighted by molar-refractivity contribution is 6.45. The third-order valence-corrected chi connectivity index (χ3v) is 6.94. The van der Waals surface area contributed by atoms with E-state index in [1.165, 1.54) is 0 Å². The van der Waals surface area contributed by atoms with E-state index in [0.29, 0.717) is 13.1 Å². The molecule has 1 aromatic carbocycles. The topological polar surface area (TPSA) is 74.3 Å². The van der Waals surface area contributed by atoms with Gasteiger partial charge in [-0.05, 0) is 72.7 Å². The molecule has 2 atom stereocenters. The van der Waals surface area contributed by atoms with E-state index in [1.807, 2.05) is 78.8 Å². The van der Waals surface area contributed by atoms with Gasteiger partial charge in [-0.3, -0.25) is 4.79 Å². The van der Waals surface area contributed by atoms with E-state index in [2.05, 4.69) is 0 Å². The van der Waals surface area contributed by atoms with E-state index in [1.54, 1.807) is 4.90 Å². The number of nitrogens with zero attached hydrogens (tertiary/aromatic N) is 1. The molecule has 0 bridgehead atoms. The minimum absolute atomic E-state index is 0.00165.